The monoisotopic (exact) mass is 235 g/mol. The Morgan fingerprint density at radius 3 is 2.75 bits per heavy atom. The van der Waals surface area contributed by atoms with Crippen LogP contribution in [0.15, 0.2) is 36.8 Å². The molecule has 0 bridgehead atoms. The Morgan fingerprint density at radius 2 is 2.12 bits per heavy atom. The summed E-state index contributed by atoms with van der Waals surface area (Å²) in [6.45, 7) is 0. The molecule has 0 saturated heterocycles. The Hall–Kier alpha value is -1.81. The normalized spacial score (nSPS) is 10.1. The van der Waals surface area contributed by atoms with E-state index in [0.717, 1.165) is 11.4 Å². The molecule has 1 aromatic heterocycles. The third-order valence-electron chi connectivity index (χ3n) is 2.03. The van der Waals surface area contributed by atoms with Gasteiger partial charge in [-0.05, 0) is 24.3 Å². The van der Waals surface area contributed by atoms with Crippen molar-refractivity contribution in [2.75, 3.05) is 5.32 Å². The molecule has 1 amide bonds. The maximum Gasteiger partial charge on any atom is 0.230 e. The summed E-state index contributed by atoms with van der Waals surface area (Å²) in [7, 11) is 0. The Bertz CT molecular complexity index is 464. The fraction of sp³-hybridized carbons (Fsp3) is 0.0909. The van der Waals surface area contributed by atoms with Gasteiger partial charge in [0.1, 0.15) is 0 Å². The third kappa shape index (κ3) is 2.84. The predicted molar refractivity (Wildman–Crippen MR) is 62.4 cm³/mol. The van der Waals surface area contributed by atoms with Crippen molar-refractivity contribution in [3.8, 4) is 0 Å². The molecule has 0 saturated carbocycles. The predicted octanol–water partition coefficient (Wildman–Crippen LogP) is 2.24. The van der Waals surface area contributed by atoms with Crippen LogP contribution >= 0.6 is 11.6 Å². The third-order valence-corrected chi connectivity index (χ3v) is 2.29. The van der Waals surface area contributed by atoms with Gasteiger partial charge in [-0.25, -0.2) is 4.98 Å². The van der Waals surface area contributed by atoms with Gasteiger partial charge >= 0.3 is 0 Å². The SMILES string of the molecule is O=C(Cc1cnc[nH]1)Nc1ccc(Cl)cc1. The lowest BCUT2D eigenvalue weighted by molar-refractivity contribution is -0.115. The summed E-state index contributed by atoms with van der Waals surface area (Å²) >= 11 is 5.74. The first-order chi connectivity index (χ1) is 7.74. The van der Waals surface area contributed by atoms with Crippen molar-refractivity contribution in [2.45, 2.75) is 6.42 Å². The molecule has 0 aliphatic carbocycles. The molecule has 0 aliphatic heterocycles. The van der Waals surface area contributed by atoms with Gasteiger partial charge in [-0.3, -0.25) is 4.79 Å². The van der Waals surface area contributed by atoms with Gasteiger partial charge < -0.3 is 10.3 Å². The Kier molecular flexibility index (Phi) is 3.22. The molecule has 1 heterocycles. The fourth-order valence-corrected chi connectivity index (χ4v) is 1.42. The molecule has 0 unspecified atom stereocenters. The Labute approximate surface area is 97.7 Å². The number of rotatable bonds is 3. The summed E-state index contributed by atoms with van der Waals surface area (Å²) < 4.78 is 0. The van der Waals surface area contributed by atoms with Crippen LogP contribution < -0.4 is 5.32 Å². The molecule has 5 heteroatoms. The van der Waals surface area contributed by atoms with Gasteiger partial charge in [0.05, 0.1) is 12.7 Å². The molecule has 0 radical (unpaired) electrons. The van der Waals surface area contributed by atoms with Crippen molar-refractivity contribution in [2.24, 2.45) is 0 Å². The maximum absolute atomic E-state index is 11.6. The molecule has 0 fully saturated rings. The Balaban J connectivity index is 1.95. The fourth-order valence-electron chi connectivity index (χ4n) is 1.29. The molecule has 16 heavy (non-hydrogen) atoms. The number of nitrogens with one attached hydrogen (secondary N) is 2. The number of halogens is 1. The topological polar surface area (TPSA) is 57.8 Å². The van der Waals surface area contributed by atoms with E-state index in [9.17, 15) is 4.79 Å². The zero-order chi connectivity index (χ0) is 11.4. The van der Waals surface area contributed by atoms with Crippen LogP contribution in [0.4, 0.5) is 5.69 Å². The van der Waals surface area contributed by atoms with Crippen LogP contribution in [0.5, 0.6) is 0 Å². The van der Waals surface area contributed by atoms with Crippen LogP contribution in [0.25, 0.3) is 0 Å². The first-order valence-electron chi connectivity index (χ1n) is 4.77. The largest absolute Gasteiger partial charge is 0.348 e. The number of hydrogen-bond donors (Lipinski definition) is 2. The van der Waals surface area contributed by atoms with Gasteiger partial charge in [-0.15, -0.1) is 0 Å². The van der Waals surface area contributed by atoms with Crippen LogP contribution in [0.3, 0.4) is 0 Å². The number of carbonyl (C=O) groups is 1. The molecule has 2 N–H and O–H groups in total. The van der Waals surface area contributed by atoms with E-state index >= 15 is 0 Å². The number of hydrogen-bond acceptors (Lipinski definition) is 2. The first kappa shape index (κ1) is 10.7. The average molecular weight is 236 g/mol. The van der Waals surface area contributed by atoms with Crippen LogP contribution in [0, 0.1) is 0 Å². The lowest BCUT2D eigenvalue weighted by atomic mass is 10.3. The molecule has 2 rings (SSSR count). The average Bonchev–Trinajstić information content (AvgIpc) is 2.74. The van der Waals surface area contributed by atoms with Crippen molar-refractivity contribution in [3.63, 3.8) is 0 Å². The molecule has 1 aromatic carbocycles. The highest BCUT2D eigenvalue weighted by Crippen LogP contribution is 2.13. The number of carbonyl (C=O) groups excluding carboxylic acids is 1. The van der Waals surface area contributed by atoms with Gasteiger partial charge in [0.25, 0.3) is 0 Å². The standard InChI is InChI=1S/C11H10ClN3O/c12-8-1-3-9(4-2-8)15-11(16)5-10-6-13-7-14-10/h1-4,6-7H,5H2,(H,13,14)(H,15,16). The van der Waals surface area contributed by atoms with Crippen molar-refractivity contribution in [1.82, 2.24) is 9.97 Å². The van der Waals surface area contributed by atoms with E-state index in [4.69, 9.17) is 11.6 Å². The Morgan fingerprint density at radius 1 is 1.38 bits per heavy atom. The second-order valence-electron chi connectivity index (χ2n) is 3.31. The molecule has 2 aromatic rings. The summed E-state index contributed by atoms with van der Waals surface area (Å²) in [5, 5.41) is 3.41. The summed E-state index contributed by atoms with van der Waals surface area (Å²) in [4.78, 5) is 18.3. The van der Waals surface area contributed by atoms with Crippen LogP contribution in [0.2, 0.25) is 5.02 Å². The highest BCUT2D eigenvalue weighted by Gasteiger charge is 2.04. The second kappa shape index (κ2) is 4.81. The number of imidazole rings is 1. The second-order valence-corrected chi connectivity index (χ2v) is 3.75. The molecule has 0 spiro atoms. The number of aromatic amines is 1. The number of benzene rings is 1. The minimum atomic E-state index is -0.0911. The number of aromatic nitrogens is 2. The number of nitrogens with zero attached hydrogens (tertiary/aromatic N) is 1. The maximum atomic E-state index is 11.6. The smallest absolute Gasteiger partial charge is 0.230 e. The van der Waals surface area contributed by atoms with E-state index < -0.39 is 0 Å². The van der Waals surface area contributed by atoms with Gasteiger partial charge in [0.15, 0.2) is 0 Å². The van der Waals surface area contributed by atoms with E-state index in [2.05, 4.69) is 15.3 Å². The number of anilines is 1. The first-order valence-corrected chi connectivity index (χ1v) is 5.14. The number of amides is 1. The minimum absolute atomic E-state index is 0.0911. The highest BCUT2D eigenvalue weighted by molar-refractivity contribution is 6.30. The molecule has 0 atom stereocenters. The van der Waals surface area contributed by atoms with E-state index in [1.807, 2.05) is 0 Å². The van der Waals surface area contributed by atoms with Crippen LogP contribution in [-0.2, 0) is 11.2 Å². The van der Waals surface area contributed by atoms with Gasteiger partial charge in [0, 0.05) is 22.6 Å². The van der Waals surface area contributed by atoms with Gasteiger partial charge in [-0.1, -0.05) is 11.6 Å². The van der Waals surface area contributed by atoms with E-state index in [1.165, 1.54) is 0 Å². The van der Waals surface area contributed by atoms with Crippen LogP contribution in [0.1, 0.15) is 5.69 Å². The quantitative estimate of drug-likeness (QED) is 0.857. The molecule has 82 valence electrons. The highest BCUT2D eigenvalue weighted by atomic mass is 35.5. The minimum Gasteiger partial charge on any atom is -0.348 e. The summed E-state index contributed by atoms with van der Waals surface area (Å²) in [6, 6.07) is 6.97. The van der Waals surface area contributed by atoms with Gasteiger partial charge in [-0.2, -0.15) is 0 Å². The van der Waals surface area contributed by atoms with Crippen molar-refractivity contribution in [1.29, 1.82) is 0 Å². The zero-order valence-corrected chi connectivity index (χ0v) is 9.16. The van der Waals surface area contributed by atoms with Crippen LogP contribution in [-0.4, -0.2) is 15.9 Å². The summed E-state index contributed by atoms with van der Waals surface area (Å²) in [5.41, 5.74) is 1.51. The van der Waals surface area contributed by atoms with Crippen molar-refractivity contribution in [3.05, 3.63) is 47.5 Å². The van der Waals surface area contributed by atoms with Crippen molar-refractivity contribution < 1.29 is 4.79 Å². The lowest BCUT2D eigenvalue weighted by Gasteiger charge is -2.03. The molecule has 4 nitrogen and oxygen atoms in total. The lowest BCUT2D eigenvalue weighted by Crippen LogP contribution is -2.14. The number of H-pyrrole nitrogens is 1. The summed E-state index contributed by atoms with van der Waals surface area (Å²) in [5.74, 6) is -0.0911. The van der Waals surface area contributed by atoms with Gasteiger partial charge in [0.2, 0.25) is 5.91 Å². The molecule has 0 aliphatic rings. The van der Waals surface area contributed by atoms with Crippen molar-refractivity contribution >= 4 is 23.2 Å². The molecular weight excluding hydrogens is 226 g/mol. The van der Waals surface area contributed by atoms with E-state index in [-0.39, 0.29) is 12.3 Å². The van der Waals surface area contributed by atoms with E-state index in [1.54, 1.807) is 36.8 Å². The molecular formula is C11H10ClN3O. The van der Waals surface area contributed by atoms with E-state index in [0.29, 0.717) is 5.02 Å². The zero-order valence-electron chi connectivity index (χ0n) is 8.40. The summed E-state index contributed by atoms with van der Waals surface area (Å²) in [6.07, 6.45) is 3.45.